The number of esters is 1. The van der Waals surface area contributed by atoms with Gasteiger partial charge in [-0.3, -0.25) is 4.79 Å². The Hall–Kier alpha value is -0.570. The molecule has 0 amide bonds. The van der Waals surface area contributed by atoms with E-state index in [-0.39, 0.29) is 11.9 Å². The molecule has 0 aromatic carbocycles. The van der Waals surface area contributed by atoms with E-state index in [4.69, 9.17) is 10.5 Å². The first-order valence-corrected chi connectivity index (χ1v) is 5.09. The molecule has 3 nitrogen and oxygen atoms in total. The second kappa shape index (κ2) is 8.05. The number of hydrogen-bond donors (Lipinski definition) is 1. The molecule has 0 aliphatic heterocycles. The summed E-state index contributed by atoms with van der Waals surface area (Å²) < 4.78 is 4.92. The van der Waals surface area contributed by atoms with Crippen LogP contribution in [0.2, 0.25) is 0 Å². The van der Waals surface area contributed by atoms with Gasteiger partial charge in [-0.25, -0.2) is 0 Å². The lowest BCUT2D eigenvalue weighted by atomic mass is 10.0. The largest absolute Gasteiger partial charge is 0.464 e. The van der Waals surface area contributed by atoms with Gasteiger partial charge in [0.1, 0.15) is 6.61 Å². The van der Waals surface area contributed by atoms with E-state index in [1.165, 1.54) is 12.8 Å². The molecule has 0 saturated heterocycles. The third kappa shape index (κ3) is 6.58. The molecule has 0 aromatic heterocycles. The predicted molar refractivity (Wildman–Crippen MR) is 53.3 cm³/mol. The van der Waals surface area contributed by atoms with E-state index >= 15 is 0 Å². The molecular formula is C10H21NO2. The Morgan fingerprint density at radius 2 is 2.15 bits per heavy atom. The standard InChI is InChI=1S/C10H21NO2/c1-3-4-5-6-9(2)10(12)13-8-7-11/h9H,3-8,11H2,1-2H3. The Labute approximate surface area is 80.6 Å². The fraction of sp³-hybridized carbons (Fsp3) is 0.900. The van der Waals surface area contributed by atoms with Crippen molar-refractivity contribution in [2.24, 2.45) is 11.7 Å². The zero-order valence-electron chi connectivity index (χ0n) is 8.71. The Kier molecular flexibility index (Phi) is 7.69. The van der Waals surface area contributed by atoms with Crippen molar-refractivity contribution in [3.63, 3.8) is 0 Å². The van der Waals surface area contributed by atoms with E-state index in [1.807, 2.05) is 6.92 Å². The van der Waals surface area contributed by atoms with Gasteiger partial charge in [0, 0.05) is 6.54 Å². The van der Waals surface area contributed by atoms with E-state index in [2.05, 4.69) is 6.92 Å². The number of unbranched alkanes of at least 4 members (excludes halogenated alkanes) is 2. The summed E-state index contributed by atoms with van der Waals surface area (Å²) in [4.78, 5) is 11.2. The quantitative estimate of drug-likeness (QED) is 0.487. The summed E-state index contributed by atoms with van der Waals surface area (Å²) in [5.74, 6) is -0.0837. The number of nitrogens with two attached hydrogens (primary N) is 1. The molecule has 0 bridgehead atoms. The summed E-state index contributed by atoms with van der Waals surface area (Å²) in [6.45, 7) is 4.82. The van der Waals surface area contributed by atoms with Gasteiger partial charge in [-0.1, -0.05) is 33.1 Å². The summed E-state index contributed by atoms with van der Waals surface area (Å²) in [5, 5.41) is 0. The number of rotatable bonds is 7. The molecule has 78 valence electrons. The van der Waals surface area contributed by atoms with Gasteiger partial charge in [-0.15, -0.1) is 0 Å². The number of carbonyl (C=O) groups excluding carboxylic acids is 1. The molecule has 0 aliphatic rings. The first kappa shape index (κ1) is 12.4. The maximum atomic E-state index is 11.2. The topological polar surface area (TPSA) is 52.3 Å². The van der Waals surface area contributed by atoms with Crippen LogP contribution in [0.15, 0.2) is 0 Å². The minimum absolute atomic E-state index is 0.0260. The van der Waals surface area contributed by atoms with Crippen LogP contribution in [0.3, 0.4) is 0 Å². The molecule has 0 saturated carbocycles. The molecule has 13 heavy (non-hydrogen) atoms. The predicted octanol–water partition coefficient (Wildman–Crippen LogP) is 1.70. The normalized spacial score (nSPS) is 12.5. The van der Waals surface area contributed by atoms with Gasteiger partial charge in [0.05, 0.1) is 5.92 Å². The van der Waals surface area contributed by atoms with Crippen molar-refractivity contribution < 1.29 is 9.53 Å². The lowest BCUT2D eigenvalue weighted by molar-refractivity contribution is -0.147. The minimum atomic E-state index is -0.110. The van der Waals surface area contributed by atoms with Crippen LogP contribution in [0.4, 0.5) is 0 Å². The van der Waals surface area contributed by atoms with Crippen molar-refractivity contribution in [1.29, 1.82) is 0 Å². The van der Waals surface area contributed by atoms with Crippen molar-refractivity contribution in [1.82, 2.24) is 0 Å². The maximum Gasteiger partial charge on any atom is 0.308 e. The summed E-state index contributed by atoms with van der Waals surface area (Å²) in [6.07, 6.45) is 4.41. The highest BCUT2D eigenvalue weighted by molar-refractivity contribution is 5.71. The maximum absolute atomic E-state index is 11.2. The third-order valence-corrected chi connectivity index (χ3v) is 2.01. The fourth-order valence-electron chi connectivity index (χ4n) is 1.12. The smallest absolute Gasteiger partial charge is 0.308 e. The van der Waals surface area contributed by atoms with Gasteiger partial charge in [0.15, 0.2) is 0 Å². The van der Waals surface area contributed by atoms with E-state index in [0.717, 1.165) is 12.8 Å². The summed E-state index contributed by atoms with van der Waals surface area (Å²) >= 11 is 0. The molecule has 0 spiro atoms. The second-order valence-electron chi connectivity index (χ2n) is 3.35. The Morgan fingerprint density at radius 3 is 2.69 bits per heavy atom. The highest BCUT2D eigenvalue weighted by atomic mass is 16.5. The number of hydrogen-bond acceptors (Lipinski definition) is 3. The molecule has 0 fully saturated rings. The molecule has 0 heterocycles. The van der Waals surface area contributed by atoms with E-state index in [9.17, 15) is 4.79 Å². The van der Waals surface area contributed by atoms with Crippen LogP contribution in [-0.2, 0) is 9.53 Å². The monoisotopic (exact) mass is 187 g/mol. The average molecular weight is 187 g/mol. The zero-order valence-corrected chi connectivity index (χ0v) is 8.71. The second-order valence-corrected chi connectivity index (χ2v) is 3.35. The van der Waals surface area contributed by atoms with Gasteiger partial charge in [0.25, 0.3) is 0 Å². The zero-order chi connectivity index (χ0) is 10.1. The summed E-state index contributed by atoms with van der Waals surface area (Å²) in [5.41, 5.74) is 5.22. The van der Waals surface area contributed by atoms with Crippen LogP contribution in [0.25, 0.3) is 0 Å². The Morgan fingerprint density at radius 1 is 1.46 bits per heavy atom. The molecule has 3 heteroatoms. The lowest BCUT2D eigenvalue weighted by Crippen LogP contribution is -2.19. The van der Waals surface area contributed by atoms with Gasteiger partial charge >= 0.3 is 5.97 Å². The SMILES string of the molecule is CCCCCC(C)C(=O)OCCN. The Balaban J connectivity index is 3.45. The van der Waals surface area contributed by atoms with Crippen molar-refractivity contribution in [2.45, 2.75) is 39.5 Å². The molecule has 2 N–H and O–H groups in total. The van der Waals surface area contributed by atoms with E-state index < -0.39 is 0 Å². The number of ether oxygens (including phenoxy) is 1. The molecule has 1 atom stereocenters. The molecule has 1 unspecified atom stereocenters. The Bertz CT molecular complexity index is 137. The van der Waals surface area contributed by atoms with Gasteiger partial charge in [-0.2, -0.15) is 0 Å². The van der Waals surface area contributed by atoms with Crippen LogP contribution in [0, 0.1) is 5.92 Å². The van der Waals surface area contributed by atoms with Crippen molar-refractivity contribution >= 4 is 5.97 Å². The van der Waals surface area contributed by atoms with Gasteiger partial charge in [0.2, 0.25) is 0 Å². The molecule has 0 rings (SSSR count). The average Bonchev–Trinajstić information content (AvgIpc) is 2.14. The van der Waals surface area contributed by atoms with Crippen molar-refractivity contribution in [3.05, 3.63) is 0 Å². The molecule has 0 aliphatic carbocycles. The summed E-state index contributed by atoms with van der Waals surface area (Å²) in [7, 11) is 0. The van der Waals surface area contributed by atoms with Gasteiger partial charge in [-0.05, 0) is 6.42 Å². The van der Waals surface area contributed by atoms with E-state index in [1.54, 1.807) is 0 Å². The van der Waals surface area contributed by atoms with Crippen molar-refractivity contribution in [3.8, 4) is 0 Å². The molecule has 0 aromatic rings. The van der Waals surface area contributed by atoms with Crippen LogP contribution < -0.4 is 5.73 Å². The lowest BCUT2D eigenvalue weighted by Gasteiger charge is -2.09. The van der Waals surface area contributed by atoms with Gasteiger partial charge < -0.3 is 10.5 Å². The highest BCUT2D eigenvalue weighted by Gasteiger charge is 2.12. The molecular weight excluding hydrogens is 166 g/mol. The van der Waals surface area contributed by atoms with E-state index in [0.29, 0.717) is 13.2 Å². The van der Waals surface area contributed by atoms with Crippen LogP contribution in [0.5, 0.6) is 0 Å². The number of carbonyl (C=O) groups is 1. The summed E-state index contributed by atoms with van der Waals surface area (Å²) in [6, 6.07) is 0. The molecule has 0 radical (unpaired) electrons. The first-order chi connectivity index (χ1) is 6.22. The third-order valence-electron chi connectivity index (χ3n) is 2.01. The van der Waals surface area contributed by atoms with Crippen molar-refractivity contribution in [2.75, 3.05) is 13.2 Å². The van der Waals surface area contributed by atoms with Crippen LogP contribution in [0.1, 0.15) is 39.5 Å². The minimum Gasteiger partial charge on any atom is -0.464 e. The van der Waals surface area contributed by atoms with Crippen LogP contribution in [-0.4, -0.2) is 19.1 Å². The highest BCUT2D eigenvalue weighted by Crippen LogP contribution is 2.10. The van der Waals surface area contributed by atoms with Crippen LogP contribution >= 0.6 is 0 Å². The fourth-order valence-corrected chi connectivity index (χ4v) is 1.12. The first-order valence-electron chi connectivity index (χ1n) is 5.09.